The lowest BCUT2D eigenvalue weighted by Gasteiger charge is -2.29. The monoisotopic (exact) mass is 327 g/mol. The van der Waals surface area contributed by atoms with Crippen LogP contribution in [-0.4, -0.2) is 38.4 Å². The number of rotatable bonds is 2. The minimum Gasteiger partial charge on any atom is -0.315 e. The van der Waals surface area contributed by atoms with Gasteiger partial charge in [0.1, 0.15) is 11.9 Å². The smallest absolute Gasteiger partial charge is 0.249 e. The van der Waals surface area contributed by atoms with Gasteiger partial charge < -0.3 is 10.2 Å². The average Bonchev–Trinajstić information content (AvgIpc) is 3.04. The molecule has 2 fully saturated rings. The number of anilines is 1. The minimum absolute atomic E-state index is 0.0733. The number of thioether (sulfide) groups is 1. The van der Waals surface area contributed by atoms with Crippen molar-refractivity contribution < 1.29 is 9.59 Å². The van der Waals surface area contributed by atoms with Gasteiger partial charge in [-0.15, -0.1) is 11.8 Å². The van der Waals surface area contributed by atoms with Crippen molar-refractivity contribution in [2.45, 2.75) is 30.7 Å². The molecule has 4 rings (SSSR count). The lowest BCUT2D eigenvalue weighted by molar-refractivity contribution is -0.135. The van der Waals surface area contributed by atoms with Crippen molar-refractivity contribution in [3.8, 4) is 0 Å². The number of nitrogens with one attached hydrogen (secondary N) is 1. The molecular formula is C17H17N3O2S. The van der Waals surface area contributed by atoms with Crippen LogP contribution in [-0.2, 0) is 9.59 Å². The molecule has 2 aliphatic rings. The Morgan fingerprint density at radius 1 is 1.35 bits per heavy atom. The highest BCUT2D eigenvalue weighted by molar-refractivity contribution is 8.01. The zero-order valence-electron chi connectivity index (χ0n) is 12.8. The Morgan fingerprint density at radius 3 is 3.04 bits per heavy atom. The van der Waals surface area contributed by atoms with Gasteiger partial charge in [-0.3, -0.25) is 9.59 Å². The Labute approximate surface area is 138 Å². The number of para-hydroxylation sites is 1. The topological polar surface area (TPSA) is 62.3 Å². The van der Waals surface area contributed by atoms with E-state index in [-0.39, 0.29) is 16.7 Å². The third-order valence-electron chi connectivity index (χ3n) is 4.60. The fourth-order valence-corrected chi connectivity index (χ4v) is 4.79. The lowest BCUT2D eigenvalue weighted by Crippen LogP contribution is -2.48. The second kappa shape index (κ2) is 5.23. The summed E-state index contributed by atoms with van der Waals surface area (Å²) in [6, 6.07) is 11.1. The molecule has 1 aromatic heterocycles. The second-order valence-corrected chi connectivity index (χ2v) is 7.65. The summed E-state index contributed by atoms with van der Waals surface area (Å²) in [6.07, 6.45) is 1.34. The molecule has 0 unspecified atom stereocenters. The molecule has 2 aromatic rings. The first-order valence-corrected chi connectivity index (χ1v) is 8.68. The van der Waals surface area contributed by atoms with Gasteiger partial charge in [0.2, 0.25) is 11.8 Å². The van der Waals surface area contributed by atoms with Gasteiger partial charge in [-0.2, -0.15) is 0 Å². The minimum atomic E-state index is -0.409. The predicted molar refractivity (Wildman–Crippen MR) is 91.1 cm³/mol. The molecule has 2 amide bonds. The van der Waals surface area contributed by atoms with Gasteiger partial charge in [0, 0.05) is 17.6 Å². The largest absolute Gasteiger partial charge is 0.315 e. The Kier molecular flexibility index (Phi) is 3.30. The van der Waals surface area contributed by atoms with Crippen LogP contribution in [0.15, 0.2) is 36.4 Å². The molecule has 2 saturated heterocycles. The van der Waals surface area contributed by atoms with E-state index in [1.807, 2.05) is 37.3 Å². The highest BCUT2D eigenvalue weighted by Crippen LogP contribution is 2.47. The maximum Gasteiger partial charge on any atom is 0.249 e. The summed E-state index contributed by atoms with van der Waals surface area (Å²) >= 11 is 1.69. The number of carbonyl (C=O) groups excluding carboxylic acids is 2. The van der Waals surface area contributed by atoms with Crippen LogP contribution in [0.4, 0.5) is 5.82 Å². The average molecular weight is 327 g/mol. The molecule has 0 radical (unpaired) electrons. The molecule has 118 valence electrons. The fraction of sp³-hybridized carbons (Fsp3) is 0.353. The van der Waals surface area contributed by atoms with Crippen LogP contribution < -0.4 is 5.32 Å². The molecule has 0 aliphatic carbocycles. The van der Waals surface area contributed by atoms with Crippen molar-refractivity contribution in [3.05, 3.63) is 36.4 Å². The van der Waals surface area contributed by atoms with Gasteiger partial charge in [-0.25, -0.2) is 4.98 Å². The second-order valence-electron chi connectivity index (χ2n) is 6.14. The van der Waals surface area contributed by atoms with Crippen molar-refractivity contribution in [2.75, 3.05) is 11.1 Å². The number of pyridine rings is 1. The molecule has 3 heterocycles. The lowest BCUT2D eigenvalue weighted by atomic mass is 10.2. The third-order valence-corrected chi connectivity index (χ3v) is 6.10. The highest BCUT2D eigenvalue weighted by Gasteiger charge is 2.52. The number of benzene rings is 1. The van der Waals surface area contributed by atoms with E-state index in [2.05, 4.69) is 10.3 Å². The van der Waals surface area contributed by atoms with Crippen molar-refractivity contribution in [1.82, 2.24) is 9.88 Å². The fourth-order valence-electron chi connectivity index (χ4n) is 3.36. The predicted octanol–water partition coefficient (Wildman–Crippen LogP) is 2.63. The summed E-state index contributed by atoms with van der Waals surface area (Å²) in [7, 11) is 0. The quantitative estimate of drug-likeness (QED) is 0.921. The Balaban J connectivity index is 1.56. The van der Waals surface area contributed by atoms with E-state index in [4.69, 9.17) is 0 Å². The number of hydrogen-bond acceptors (Lipinski definition) is 4. The van der Waals surface area contributed by atoms with Crippen LogP contribution in [0.5, 0.6) is 0 Å². The van der Waals surface area contributed by atoms with Crippen molar-refractivity contribution in [3.63, 3.8) is 0 Å². The van der Waals surface area contributed by atoms with Gasteiger partial charge in [-0.1, -0.05) is 18.2 Å². The van der Waals surface area contributed by atoms with E-state index in [9.17, 15) is 9.59 Å². The Bertz CT molecular complexity index is 809. The molecule has 2 atom stereocenters. The number of amides is 2. The summed E-state index contributed by atoms with van der Waals surface area (Å²) in [5.41, 5.74) is 0.841. The first-order valence-electron chi connectivity index (χ1n) is 7.70. The standard InChI is InChI=1S/C17H17N3O2S/c1-17-9-8-15(21)20(17)13(10-23-17)16(22)19-14-7-6-11-4-2-3-5-12(11)18-14/h2-7,13H,8-10H2,1H3,(H,18,19,22)/t13-,17+/m1/s1. The summed E-state index contributed by atoms with van der Waals surface area (Å²) in [4.78, 5) is 30.7. The van der Waals surface area contributed by atoms with Crippen LogP contribution in [0.3, 0.4) is 0 Å². The molecule has 2 aliphatic heterocycles. The summed E-state index contributed by atoms with van der Waals surface area (Å²) < 4.78 is 0. The zero-order chi connectivity index (χ0) is 16.0. The number of nitrogens with zero attached hydrogens (tertiary/aromatic N) is 2. The number of carbonyl (C=O) groups is 2. The maximum absolute atomic E-state index is 12.6. The van der Waals surface area contributed by atoms with Crippen LogP contribution in [0.2, 0.25) is 0 Å². The molecule has 0 bridgehead atoms. The zero-order valence-corrected chi connectivity index (χ0v) is 13.6. The maximum atomic E-state index is 12.6. The number of hydrogen-bond donors (Lipinski definition) is 1. The van der Waals surface area contributed by atoms with Gasteiger partial charge >= 0.3 is 0 Å². The summed E-state index contributed by atoms with van der Waals surface area (Å²) in [5.74, 6) is 1.09. The van der Waals surface area contributed by atoms with E-state index < -0.39 is 6.04 Å². The summed E-state index contributed by atoms with van der Waals surface area (Å²) in [5, 5.41) is 3.90. The normalized spacial score (nSPS) is 26.6. The number of aromatic nitrogens is 1. The van der Waals surface area contributed by atoms with Crippen LogP contribution in [0, 0.1) is 0 Å². The van der Waals surface area contributed by atoms with Gasteiger partial charge in [0.05, 0.1) is 10.4 Å². The molecule has 0 spiro atoms. The summed E-state index contributed by atoms with van der Waals surface area (Å²) in [6.45, 7) is 2.05. The van der Waals surface area contributed by atoms with Crippen molar-refractivity contribution in [1.29, 1.82) is 0 Å². The molecule has 5 nitrogen and oxygen atoms in total. The molecule has 0 saturated carbocycles. The molecule has 6 heteroatoms. The number of fused-ring (bicyclic) bond motifs is 2. The highest BCUT2D eigenvalue weighted by atomic mass is 32.2. The van der Waals surface area contributed by atoms with E-state index in [0.29, 0.717) is 18.0 Å². The van der Waals surface area contributed by atoms with Gasteiger partial charge in [0.25, 0.3) is 0 Å². The first kappa shape index (κ1) is 14.5. The van der Waals surface area contributed by atoms with Gasteiger partial charge in [-0.05, 0) is 31.5 Å². The van der Waals surface area contributed by atoms with Gasteiger partial charge in [0.15, 0.2) is 0 Å². The van der Waals surface area contributed by atoms with E-state index >= 15 is 0 Å². The molecular weight excluding hydrogens is 310 g/mol. The van der Waals surface area contributed by atoms with Crippen molar-refractivity contribution >= 4 is 40.3 Å². The van der Waals surface area contributed by atoms with Crippen LogP contribution in [0.1, 0.15) is 19.8 Å². The third kappa shape index (κ3) is 2.37. The van der Waals surface area contributed by atoms with Crippen LogP contribution in [0.25, 0.3) is 10.9 Å². The van der Waals surface area contributed by atoms with Crippen molar-refractivity contribution in [2.24, 2.45) is 0 Å². The molecule has 23 heavy (non-hydrogen) atoms. The molecule has 1 N–H and O–H groups in total. The van der Waals surface area contributed by atoms with E-state index in [1.54, 1.807) is 22.7 Å². The van der Waals surface area contributed by atoms with Crippen LogP contribution >= 0.6 is 11.8 Å². The Hall–Kier alpha value is -2.08. The Morgan fingerprint density at radius 2 is 2.17 bits per heavy atom. The van der Waals surface area contributed by atoms with E-state index in [1.165, 1.54) is 0 Å². The van der Waals surface area contributed by atoms with E-state index in [0.717, 1.165) is 17.3 Å². The first-order chi connectivity index (χ1) is 11.1. The molecule has 1 aromatic carbocycles. The SMILES string of the molecule is C[C@]12CCC(=O)N1[C@@H](C(=O)Nc1ccc3ccccc3n1)CS2.